The van der Waals surface area contributed by atoms with E-state index >= 15 is 0 Å². The van der Waals surface area contributed by atoms with Crippen molar-refractivity contribution in [3.05, 3.63) is 48.5 Å². The summed E-state index contributed by atoms with van der Waals surface area (Å²) in [4.78, 5) is 17.8. The Morgan fingerprint density at radius 2 is 1.86 bits per heavy atom. The fourth-order valence-electron chi connectivity index (χ4n) is 5.49. The number of benzene rings is 1. The predicted molar refractivity (Wildman–Crippen MR) is 153 cm³/mol. The molecule has 2 fully saturated rings. The highest BCUT2D eigenvalue weighted by Gasteiger charge is 2.27. The van der Waals surface area contributed by atoms with Crippen molar-refractivity contribution in [1.29, 1.82) is 0 Å². The minimum absolute atomic E-state index is 0.0448. The monoisotopic (exact) mass is 597 g/mol. The summed E-state index contributed by atoms with van der Waals surface area (Å²) < 4.78 is 55.6. The van der Waals surface area contributed by atoms with Crippen molar-refractivity contribution in [3.8, 4) is 17.3 Å². The normalized spacial score (nSPS) is 20.1. The van der Waals surface area contributed by atoms with Crippen LogP contribution in [0.2, 0.25) is 0 Å². The van der Waals surface area contributed by atoms with Gasteiger partial charge in [0.1, 0.15) is 23.4 Å². The SMILES string of the molecule is Nc1nc2c(ncn2CCN2CCN(c3cc(O[C@H]4CC[S@@+]([O-])CC4)c(F)cc3F)CC2)c2nc(-c3ccco3)nn12. The van der Waals surface area contributed by atoms with Gasteiger partial charge < -0.3 is 28.9 Å². The number of anilines is 2. The van der Waals surface area contributed by atoms with Gasteiger partial charge in [-0.3, -0.25) is 4.90 Å². The summed E-state index contributed by atoms with van der Waals surface area (Å²) in [5.41, 5.74) is 8.23. The van der Waals surface area contributed by atoms with Crippen LogP contribution in [0.15, 0.2) is 41.3 Å². The van der Waals surface area contributed by atoms with Crippen molar-refractivity contribution in [2.75, 3.05) is 54.9 Å². The molecule has 7 rings (SSSR count). The van der Waals surface area contributed by atoms with Crippen LogP contribution in [0.5, 0.6) is 5.75 Å². The number of hydrogen-bond acceptors (Lipinski definition) is 10. The summed E-state index contributed by atoms with van der Waals surface area (Å²) in [5, 5.41) is 4.41. The molecule has 0 amide bonds. The second-order valence-electron chi connectivity index (χ2n) is 10.5. The van der Waals surface area contributed by atoms with E-state index in [9.17, 15) is 13.3 Å². The smallest absolute Gasteiger partial charge is 0.225 e. The Bertz CT molecular complexity index is 1710. The Morgan fingerprint density at radius 1 is 1.05 bits per heavy atom. The van der Waals surface area contributed by atoms with Gasteiger partial charge in [0, 0.05) is 64.2 Å². The topological polar surface area (TPSA) is 139 Å². The zero-order chi connectivity index (χ0) is 28.8. The fourth-order valence-corrected chi connectivity index (χ4v) is 6.74. The van der Waals surface area contributed by atoms with E-state index in [4.69, 9.17) is 14.9 Å². The summed E-state index contributed by atoms with van der Waals surface area (Å²) in [7, 11) is 0. The van der Waals surface area contributed by atoms with Gasteiger partial charge in [-0.1, -0.05) is 11.2 Å². The Morgan fingerprint density at radius 3 is 2.62 bits per heavy atom. The van der Waals surface area contributed by atoms with Crippen LogP contribution in [0.3, 0.4) is 0 Å². The summed E-state index contributed by atoms with van der Waals surface area (Å²) in [5.74, 6) is 0.917. The highest BCUT2D eigenvalue weighted by Crippen LogP contribution is 2.31. The second-order valence-corrected chi connectivity index (χ2v) is 12.2. The molecule has 220 valence electrons. The van der Waals surface area contributed by atoms with Gasteiger partial charge in [0.15, 0.2) is 34.1 Å². The minimum Gasteiger partial charge on any atom is -0.616 e. The average molecular weight is 598 g/mol. The van der Waals surface area contributed by atoms with Crippen molar-refractivity contribution in [1.82, 2.24) is 34.0 Å². The molecule has 6 heterocycles. The lowest BCUT2D eigenvalue weighted by molar-refractivity contribution is 0.181. The van der Waals surface area contributed by atoms with Gasteiger partial charge in [0.05, 0.1) is 18.3 Å². The lowest BCUT2D eigenvalue weighted by Crippen LogP contribution is -2.47. The first-order valence-corrected chi connectivity index (χ1v) is 15.3. The van der Waals surface area contributed by atoms with E-state index in [2.05, 4.69) is 25.0 Å². The lowest BCUT2D eigenvalue weighted by atomic mass is 10.2. The van der Waals surface area contributed by atoms with Gasteiger partial charge in [-0.15, -0.1) is 5.10 Å². The van der Waals surface area contributed by atoms with Crippen LogP contribution in [0, 0.1) is 11.6 Å². The molecule has 0 atom stereocenters. The quantitative estimate of drug-likeness (QED) is 0.279. The molecule has 1 aromatic carbocycles. The van der Waals surface area contributed by atoms with Gasteiger partial charge in [0.25, 0.3) is 0 Å². The van der Waals surface area contributed by atoms with Crippen LogP contribution < -0.4 is 15.4 Å². The molecule has 2 aliphatic heterocycles. The lowest BCUT2D eigenvalue weighted by Gasteiger charge is -2.36. The molecule has 2 saturated heterocycles. The number of aromatic nitrogens is 6. The molecule has 12 nitrogen and oxygen atoms in total. The van der Waals surface area contributed by atoms with E-state index in [-0.39, 0.29) is 17.8 Å². The van der Waals surface area contributed by atoms with Crippen molar-refractivity contribution < 1.29 is 22.5 Å². The van der Waals surface area contributed by atoms with Crippen LogP contribution in [0.4, 0.5) is 20.4 Å². The molecule has 2 N–H and O–H groups in total. The summed E-state index contributed by atoms with van der Waals surface area (Å²) in [6, 6.07) is 5.89. The van der Waals surface area contributed by atoms with Crippen LogP contribution in [-0.4, -0.2) is 88.9 Å². The first-order chi connectivity index (χ1) is 20.4. The number of fused-ring (bicyclic) bond motifs is 3. The fraction of sp³-hybridized carbons (Fsp3) is 0.407. The molecule has 0 bridgehead atoms. The van der Waals surface area contributed by atoms with Crippen molar-refractivity contribution >= 4 is 39.6 Å². The highest BCUT2D eigenvalue weighted by atomic mass is 32.2. The maximum atomic E-state index is 14.8. The third-order valence-electron chi connectivity index (χ3n) is 7.81. The third kappa shape index (κ3) is 5.12. The molecular weight excluding hydrogens is 568 g/mol. The van der Waals surface area contributed by atoms with E-state index in [0.29, 0.717) is 91.2 Å². The van der Waals surface area contributed by atoms with E-state index in [0.717, 1.165) is 12.6 Å². The first-order valence-electron chi connectivity index (χ1n) is 13.8. The number of ether oxygens (including phenoxy) is 1. The maximum Gasteiger partial charge on any atom is 0.225 e. The van der Waals surface area contributed by atoms with Gasteiger partial charge in [-0.2, -0.15) is 9.50 Å². The number of imidazole rings is 1. The molecule has 0 saturated carbocycles. The molecule has 0 aliphatic carbocycles. The van der Waals surface area contributed by atoms with Gasteiger partial charge in [-0.25, -0.2) is 18.7 Å². The number of hydrogen-bond donors (Lipinski definition) is 1. The number of nitrogens with zero attached hydrogens (tertiary/aromatic N) is 8. The van der Waals surface area contributed by atoms with Crippen molar-refractivity contribution in [3.63, 3.8) is 0 Å². The van der Waals surface area contributed by atoms with Gasteiger partial charge >= 0.3 is 0 Å². The summed E-state index contributed by atoms with van der Waals surface area (Å²) in [6.07, 6.45) is 4.26. The number of halogens is 2. The highest BCUT2D eigenvalue weighted by molar-refractivity contribution is 7.91. The second kappa shape index (κ2) is 11.0. The van der Waals surface area contributed by atoms with E-state index in [1.807, 2.05) is 9.47 Å². The zero-order valence-electron chi connectivity index (χ0n) is 22.7. The predicted octanol–water partition coefficient (Wildman–Crippen LogP) is 2.71. The zero-order valence-corrected chi connectivity index (χ0v) is 23.5. The Hall–Kier alpha value is -3.95. The van der Waals surface area contributed by atoms with Crippen molar-refractivity contribution in [2.45, 2.75) is 25.5 Å². The standard InChI is InChI=1S/C27H29F2N9O3S/c28-18-14-19(29)22(41-17-3-12-42(39)13-4-17)15-20(18)36-8-5-35(6-9-36)7-10-37-16-31-23-25(37)33-27(30)38-26(23)32-24(34-38)21-2-1-11-40-21/h1-2,11,14-17H,3-10,12-13H2,(H2,30,33)/t17-,42+. The Labute approximate surface area is 242 Å². The van der Waals surface area contributed by atoms with Gasteiger partial charge in [-0.05, 0) is 12.1 Å². The molecule has 15 heteroatoms. The number of nitrogens with two attached hydrogens (primary N) is 1. The Balaban J connectivity index is 1.00. The molecule has 5 aromatic rings. The number of rotatable bonds is 7. The van der Waals surface area contributed by atoms with E-state index in [1.54, 1.807) is 24.7 Å². The van der Waals surface area contributed by atoms with Crippen molar-refractivity contribution in [2.24, 2.45) is 0 Å². The minimum atomic E-state index is -0.840. The first kappa shape index (κ1) is 26.9. The summed E-state index contributed by atoms with van der Waals surface area (Å²) >= 11 is -0.840. The van der Waals surface area contributed by atoms with E-state index in [1.165, 1.54) is 10.6 Å². The molecule has 42 heavy (non-hydrogen) atoms. The average Bonchev–Trinajstić information content (AvgIpc) is 3.75. The van der Waals surface area contributed by atoms with Crippen LogP contribution in [-0.2, 0) is 17.7 Å². The molecule has 0 spiro atoms. The molecule has 0 unspecified atom stereocenters. The number of nitrogen functional groups attached to an aromatic ring is 1. The summed E-state index contributed by atoms with van der Waals surface area (Å²) in [6.45, 7) is 3.90. The third-order valence-corrected chi connectivity index (χ3v) is 9.19. The molecule has 0 radical (unpaired) electrons. The number of furan rings is 1. The van der Waals surface area contributed by atoms with Crippen LogP contribution >= 0.6 is 0 Å². The largest absolute Gasteiger partial charge is 0.616 e. The Kier molecular flexibility index (Phi) is 7.07. The number of piperazine rings is 1. The molecular formula is C27H29F2N9O3S. The van der Waals surface area contributed by atoms with Crippen LogP contribution in [0.25, 0.3) is 28.4 Å². The van der Waals surface area contributed by atoms with Gasteiger partial charge in [0.2, 0.25) is 11.8 Å². The van der Waals surface area contributed by atoms with E-state index < -0.39 is 22.8 Å². The molecule has 2 aliphatic rings. The maximum absolute atomic E-state index is 14.8. The molecule has 4 aromatic heterocycles. The van der Waals surface area contributed by atoms with Crippen LogP contribution in [0.1, 0.15) is 12.8 Å².